The lowest BCUT2D eigenvalue weighted by Crippen LogP contribution is -2.17. The van der Waals surface area contributed by atoms with Crippen LogP contribution in [-0.4, -0.2) is 28.8 Å². The van der Waals surface area contributed by atoms with E-state index in [1.807, 2.05) is 6.92 Å². The first-order valence-corrected chi connectivity index (χ1v) is 7.30. The van der Waals surface area contributed by atoms with Crippen LogP contribution in [0, 0.1) is 0 Å². The number of hydrazone groups is 1. The number of hydrogen-bond donors (Lipinski definition) is 2. The maximum absolute atomic E-state index is 11.9. The summed E-state index contributed by atoms with van der Waals surface area (Å²) in [5.41, 5.74) is 3.19. The topological polar surface area (TPSA) is 83.8 Å². The minimum atomic E-state index is -0.398. The fourth-order valence-corrected chi connectivity index (χ4v) is 2.04. The monoisotopic (exact) mass is 363 g/mol. The van der Waals surface area contributed by atoms with Gasteiger partial charge in [0.2, 0.25) is 0 Å². The standard InChI is InChI=1S/C15H14BrN3O3/c1-2-22-13-5-3-4-10(14(13)20)8-18-19-15(21)11-6-12(16)9-17-7-11/h3-9,20H,2H2,1H3,(H,19,21)/b18-8+. The molecule has 0 aliphatic rings. The smallest absolute Gasteiger partial charge is 0.272 e. The van der Waals surface area contributed by atoms with Gasteiger partial charge in [0.25, 0.3) is 5.91 Å². The molecule has 0 atom stereocenters. The molecule has 114 valence electrons. The summed E-state index contributed by atoms with van der Waals surface area (Å²) in [5.74, 6) is -0.0501. The first-order valence-electron chi connectivity index (χ1n) is 6.50. The first kappa shape index (κ1) is 16.0. The van der Waals surface area contributed by atoms with Crippen LogP contribution in [0.2, 0.25) is 0 Å². The number of benzene rings is 1. The number of nitrogens with one attached hydrogen (secondary N) is 1. The maximum atomic E-state index is 11.9. The van der Waals surface area contributed by atoms with Gasteiger partial charge in [0.05, 0.1) is 18.4 Å². The molecule has 0 spiro atoms. The number of phenols is 1. The third-order valence-electron chi connectivity index (χ3n) is 2.67. The van der Waals surface area contributed by atoms with Crippen molar-refractivity contribution >= 4 is 28.1 Å². The zero-order chi connectivity index (χ0) is 15.9. The van der Waals surface area contributed by atoms with Gasteiger partial charge in [0.1, 0.15) is 0 Å². The van der Waals surface area contributed by atoms with Crippen LogP contribution in [0.5, 0.6) is 11.5 Å². The van der Waals surface area contributed by atoms with Crippen molar-refractivity contribution in [3.63, 3.8) is 0 Å². The van der Waals surface area contributed by atoms with E-state index >= 15 is 0 Å². The first-order chi connectivity index (χ1) is 10.6. The molecular formula is C15H14BrN3O3. The molecule has 2 rings (SSSR count). The van der Waals surface area contributed by atoms with E-state index in [0.717, 1.165) is 0 Å². The Morgan fingerprint density at radius 1 is 1.50 bits per heavy atom. The van der Waals surface area contributed by atoms with Crippen molar-refractivity contribution in [2.75, 3.05) is 6.61 Å². The average molecular weight is 364 g/mol. The number of ether oxygens (including phenoxy) is 1. The molecule has 0 fully saturated rings. The SMILES string of the molecule is CCOc1cccc(/C=N/NC(=O)c2cncc(Br)c2)c1O. The molecule has 0 aliphatic heterocycles. The molecule has 2 N–H and O–H groups in total. The number of pyridine rings is 1. The molecule has 1 aromatic heterocycles. The highest BCUT2D eigenvalue weighted by Gasteiger charge is 2.07. The number of aromatic hydroxyl groups is 1. The van der Waals surface area contributed by atoms with E-state index in [2.05, 4.69) is 31.4 Å². The van der Waals surface area contributed by atoms with Gasteiger partial charge in [-0.3, -0.25) is 9.78 Å². The van der Waals surface area contributed by atoms with Crippen LogP contribution in [0.3, 0.4) is 0 Å². The second-order valence-corrected chi connectivity index (χ2v) is 5.13. The van der Waals surface area contributed by atoms with Crippen LogP contribution in [0.15, 0.2) is 46.2 Å². The van der Waals surface area contributed by atoms with Crippen LogP contribution >= 0.6 is 15.9 Å². The number of phenolic OH excluding ortho intramolecular Hbond substituents is 1. The molecule has 6 nitrogen and oxygen atoms in total. The number of hydrogen-bond acceptors (Lipinski definition) is 5. The molecule has 1 heterocycles. The Kier molecular flexibility index (Phi) is 5.48. The average Bonchev–Trinajstić information content (AvgIpc) is 2.51. The summed E-state index contributed by atoms with van der Waals surface area (Å²) < 4.78 is 5.97. The van der Waals surface area contributed by atoms with E-state index in [-0.39, 0.29) is 5.75 Å². The van der Waals surface area contributed by atoms with Crippen LogP contribution in [0.4, 0.5) is 0 Å². The van der Waals surface area contributed by atoms with Crippen molar-refractivity contribution in [3.8, 4) is 11.5 Å². The Bertz CT molecular complexity index is 704. The van der Waals surface area contributed by atoms with E-state index < -0.39 is 5.91 Å². The van der Waals surface area contributed by atoms with Gasteiger partial charge in [-0.2, -0.15) is 5.10 Å². The lowest BCUT2D eigenvalue weighted by atomic mass is 10.2. The molecule has 1 amide bonds. The van der Waals surface area contributed by atoms with Crippen molar-refractivity contribution < 1.29 is 14.6 Å². The summed E-state index contributed by atoms with van der Waals surface area (Å²) in [4.78, 5) is 15.8. The number of para-hydroxylation sites is 1. The van der Waals surface area contributed by atoms with Crippen LogP contribution < -0.4 is 10.2 Å². The normalized spacial score (nSPS) is 10.6. The summed E-state index contributed by atoms with van der Waals surface area (Å²) in [6, 6.07) is 6.67. The maximum Gasteiger partial charge on any atom is 0.272 e. The predicted octanol–water partition coefficient (Wildman–Crippen LogP) is 2.71. The highest BCUT2D eigenvalue weighted by molar-refractivity contribution is 9.10. The van der Waals surface area contributed by atoms with Crippen molar-refractivity contribution in [2.24, 2.45) is 5.10 Å². The zero-order valence-electron chi connectivity index (χ0n) is 11.8. The fraction of sp³-hybridized carbons (Fsp3) is 0.133. The number of halogens is 1. The second-order valence-electron chi connectivity index (χ2n) is 4.22. The predicted molar refractivity (Wildman–Crippen MR) is 86.3 cm³/mol. The van der Waals surface area contributed by atoms with E-state index in [1.54, 1.807) is 30.5 Å². The van der Waals surface area contributed by atoms with Gasteiger partial charge in [0.15, 0.2) is 11.5 Å². The van der Waals surface area contributed by atoms with Gasteiger partial charge in [0, 0.05) is 22.4 Å². The van der Waals surface area contributed by atoms with Gasteiger partial charge >= 0.3 is 0 Å². The van der Waals surface area contributed by atoms with Gasteiger partial charge in [-0.1, -0.05) is 6.07 Å². The number of nitrogens with zero attached hydrogens (tertiary/aromatic N) is 2. The number of rotatable bonds is 5. The lowest BCUT2D eigenvalue weighted by molar-refractivity contribution is 0.0954. The summed E-state index contributed by atoms with van der Waals surface area (Å²) in [5, 5.41) is 13.8. The zero-order valence-corrected chi connectivity index (χ0v) is 13.4. The molecule has 2 aromatic rings. The Morgan fingerprint density at radius 3 is 3.05 bits per heavy atom. The van der Waals surface area contributed by atoms with Crippen molar-refractivity contribution in [2.45, 2.75) is 6.92 Å². The molecular weight excluding hydrogens is 350 g/mol. The third kappa shape index (κ3) is 4.05. The van der Waals surface area contributed by atoms with Gasteiger partial charge in [-0.05, 0) is 41.1 Å². The fourth-order valence-electron chi connectivity index (χ4n) is 1.68. The summed E-state index contributed by atoms with van der Waals surface area (Å²) >= 11 is 3.24. The molecule has 1 aromatic carbocycles. The number of carbonyl (C=O) groups is 1. The number of carbonyl (C=O) groups excluding carboxylic acids is 1. The number of amides is 1. The second kappa shape index (κ2) is 7.56. The van der Waals surface area contributed by atoms with Crippen molar-refractivity contribution in [1.29, 1.82) is 0 Å². The minimum absolute atomic E-state index is 0.0218. The van der Waals surface area contributed by atoms with E-state index in [9.17, 15) is 9.90 Å². The highest BCUT2D eigenvalue weighted by atomic mass is 79.9. The van der Waals surface area contributed by atoms with Crippen LogP contribution in [0.1, 0.15) is 22.8 Å². The summed E-state index contributed by atoms with van der Waals surface area (Å²) in [6.07, 6.45) is 4.36. The van der Waals surface area contributed by atoms with Crippen molar-refractivity contribution in [1.82, 2.24) is 10.4 Å². The highest BCUT2D eigenvalue weighted by Crippen LogP contribution is 2.28. The quantitative estimate of drug-likeness (QED) is 0.631. The third-order valence-corrected chi connectivity index (χ3v) is 3.10. The van der Waals surface area contributed by atoms with Crippen LogP contribution in [-0.2, 0) is 0 Å². The molecule has 22 heavy (non-hydrogen) atoms. The van der Waals surface area contributed by atoms with E-state index in [1.165, 1.54) is 12.4 Å². The lowest BCUT2D eigenvalue weighted by Gasteiger charge is -2.07. The van der Waals surface area contributed by atoms with Crippen LogP contribution in [0.25, 0.3) is 0 Å². The van der Waals surface area contributed by atoms with Crippen molar-refractivity contribution in [3.05, 3.63) is 52.3 Å². The van der Waals surface area contributed by atoms with Gasteiger partial charge in [-0.25, -0.2) is 5.43 Å². The van der Waals surface area contributed by atoms with Gasteiger partial charge in [-0.15, -0.1) is 0 Å². The Morgan fingerprint density at radius 2 is 2.32 bits per heavy atom. The Labute approximate surface area is 136 Å². The van der Waals surface area contributed by atoms with E-state index in [0.29, 0.717) is 28.0 Å². The molecule has 0 bridgehead atoms. The minimum Gasteiger partial charge on any atom is -0.504 e. The molecule has 0 aliphatic carbocycles. The summed E-state index contributed by atoms with van der Waals surface area (Å²) in [6.45, 7) is 2.27. The molecule has 0 unspecified atom stereocenters. The Hall–Kier alpha value is -2.41. The van der Waals surface area contributed by atoms with Gasteiger partial charge < -0.3 is 9.84 Å². The molecule has 0 saturated carbocycles. The molecule has 0 radical (unpaired) electrons. The number of aromatic nitrogens is 1. The Balaban J connectivity index is 2.07. The molecule has 0 saturated heterocycles. The van der Waals surface area contributed by atoms with E-state index in [4.69, 9.17) is 4.74 Å². The summed E-state index contributed by atoms with van der Waals surface area (Å²) in [7, 11) is 0. The molecule has 7 heteroatoms. The largest absolute Gasteiger partial charge is 0.504 e.